The number of halogens is 3. The van der Waals surface area contributed by atoms with Crippen molar-refractivity contribution in [1.82, 2.24) is 5.32 Å². The highest BCUT2D eigenvalue weighted by Gasteiger charge is 2.34. The molecule has 2 aromatic rings. The van der Waals surface area contributed by atoms with Gasteiger partial charge in [0.25, 0.3) is 11.8 Å². The third kappa shape index (κ3) is 3.85. The molecule has 26 heavy (non-hydrogen) atoms. The van der Waals surface area contributed by atoms with Crippen LogP contribution in [0.2, 0.25) is 0 Å². The molecule has 2 amide bonds. The van der Waals surface area contributed by atoms with E-state index in [2.05, 4.69) is 37.2 Å². The summed E-state index contributed by atoms with van der Waals surface area (Å²) in [6.45, 7) is 0. The van der Waals surface area contributed by atoms with E-state index in [0.29, 0.717) is 19.3 Å². The number of carbonyl (C=O) groups excluding carboxylic acids is 2. The van der Waals surface area contributed by atoms with Gasteiger partial charge in [-0.1, -0.05) is 22.0 Å². The fourth-order valence-electron chi connectivity index (χ4n) is 2.34. The predicted octanol–water partition coefficient (Wildman–Crippen LogP) is 4.35. The molecule has 0 saturated carbocycles. The highest BCUT2D eigenvalue weighted by atomic mass is 127. The van der Waals surface area contributed by atoms with Crippen molar-refractivity contribution in [3.05, 3.63) is 60.1 Å². The first-order chi connectivity index (χ1) is 12.3. The van der Waals surface area contributed by atoms with Gasteiger partial charge in [0.05, 0.1) is 13.7 Å². The predicted molar refractivity (Wildman–Crippen MR) is 119 cm³/mol. The molecule has 9 heteroatoms. The molecule has 0 aliphatic carbocycles. The summed E-state index contributed by atoms with van der Waals surface area (Å²) in [7, 11) is 0. The van der Waals surface area contributed by atoms with Crippen molar-refractivity contribution in [1.29, 1.82) is 0 Å². The fraction of sp³-hybridized carbons (Fsp3) is 0. The van der Waals surface area contributed by atoms with E-state index in [1.54, 1.807) is 30.3 Å². The van der Waals surface area contributed by atoms with Crippen LogP contribution in [0.25, 0.3) is 6.08 Å². The summed E-state index contributed by atoms with van der Waals surface area (Å²) in [6.07, 6.45) is 1.47. The van der Waals surface area contributed by atoms with Gasteiger partial charge in [-0.05, 0) is 92.7 Å². The summed E-state index contributed by atoms with van der Waals surface area (Å²) >= 11 is 13.8. The third-order valence-electron chi connectivity index (χ3n) is 3.52. The monoisotopic (exact) mass is 606 g/mol. The lowest BCUT2D eigenvalue weighted by Crippen LogP contribution is -2.54. The number of thiocarbonyl (C=S) groups is 1. The van der Waals surface area contributed by atoms with Crippen LogP contribution >= 0.6 is 66.7 Å². The maximum atomic E-state index is 12.9. The number of phenols is 1. The quantitative estimate of drug-likeness (QED) is 0.231. The zero-order valence-corrected chi connectivity index (χ0v) is 18.9. The lowest BCUT2D eigenvalue weighted by molar-refractivity contribution is -0.122. The molecule has 2 aromatic carbocycles. The first kappa shape index (κ1) is 19.5. The van der Waals surface area contributed by atoms with Gasteiger partial charge < -0.3 is 5.11 Å². The Kier molecular flexibility index (Phi) is 5.80. The number of hydrogen-bond acceptors (Lipinski definition) is 4. The van der Waals surface area contributed by atoms with Crippen LogP contribution in [-0.2, 0) is 9.59 Å². The van der Waals surface area contributed by atoms with Crippen LogP contribution in [0.5, 0.6) is 5.75 Å². The number of phenolic OH excluding ortho intramolecular Hbond substituents is 1. The molecule has 1 heterocycles. The van der Waals surface area contributed by atoms with Gasteiger partial charge in [-0.25, -0.2) is 0 Å². The van der Waals surface area contributed by atoms with E-state index < -0.39 is 11.8 Å². The van der Waals surface area contributed by atoms with Gasteiger partial charge in [-0.15, -0.1) is 0 Å². The summed E-state index contributed by atoms with van der Waals surface area (Å²) < 4.78 is 1.84. The largest absolute Gasteiger partial charge is 0.506 e. The average Bonchev–Trinajstić information content (AvgIpc) is 2.56. The second-order valence-electron chi connectivity index (χ2n) is 5.27. The normalized spacial score (nSPS) is 16.2. The number of amides is 2. The Morgan fingerprint density at radius 2 is 1.92 bits per heavy atom. The van der Waals surface area contributed by atoms with E-state index in [-0.39, 0.29) is 16.4 Å². The minimum Gasteiger partial charge on any atom is -0.506 e. The molecule has 1 aliphatic rings. The van der Waals surface area contributed by atoms with Gasteiger partial charge in [0, 0.05) is 4.47 Å². The molecule has 0 radical (unpaired) electrons. The van der Waals surface area contributed by atoms with E-state index in [0.717, 1.165) is 4.47 Å². The zero-order chi connectivity index (χ0) is 19.0. The molecule has 2 N–H and O–H groups in total. The molecule has 5 nitrogen and oxygen atoms in total. The number of carbonyl (C=O) groups is 2. The summed E-state index contributed by atoms with van der Waals surface area (Å²) in [4.78, 5) is 26.5. The van der Waals surface area contributed by atoms with Crippen molar-refractivity contribution in [2.24, 2.45) is 0 Å². The maximum absolute atomic E-state index is 12.9. The van der Waals surface area contributed by atoms with Crippen LogP contribution in [0.3, 0.4) is 0 Å². The van der Waals surface area contributed by atoms with E-state index >= 15 is 0 Å². The van der Waals surface area contributed by atoms with E-state index in [1.165, 1.54) is 11.0 Å². The second kappa shape index (κ2) is 7.75. The number of benzene rings is 2. The van der Waals surface area contributed by atoms with Crippen molar-refractivity contribution >= 4 is 95.4 Å². The maximum Gasteiger partial charge on any atom is 0.270 e. The lowest BCUT2D eigenvalue weighted by Gasteiger charge is -2.29. The molecular weight excluding hydrogens is 599 g/mol. The highest BCUT2D eigenvalue weighted by molar-refractivity contribution is 14.1. The highest BCUT2D eigenvalue weighted by Crippen LogP contribution is 2.32. The molecule has 1 saturated heterocycles. The van der Waals surface area contributed by atoms with Crippen molar-refractivity contribution < 1.29 is 14.7 Å². The SMILES string of the molecule is O=C1NC(=S)N(c2cccc(Br)c2)C(=O)C1=Cc1cc(Br)c(O)c(I)c1. The van der Waals surface area contributed by atoms with Crippen molar-refractivity contribution in [2.75, 3.05) is 4.90 Å². The average molecular weight is 608 g/mol. The molecule has 1 aliphatic heterocycles. The summed E-state index contributed by atoms with van der Waals surface area (Å²) in [6, 6.07) is 10.4. The van der Waals surface area contributed by atoms with Crippen molar-refractivity contribution in [3.8, 4) is 5.75 Å². The van der Waals surface area contributed by atoms with Gasteiger partial charge >= 0.3 is 0 Å². The molecule has 0 aromatic heterocycles. The Balaban J connectivity index is 2.06. The first-order valence-corrected chi connectivity index (χ1v) is 10.2. The topological polar surface area (TPSA) is 69.6 Å². The summed E-state index contributed by atoms with van der Waals surface area (Å²) in [5, 5.41) is 12.4. The smallest absolute Gasteiger partial charge is 0.270 e. The van der Waals surface area contributed by atoms with Crippen molar-refractivity contribution in [2.45, 2.75) is 0 Å². The van der Waals surface area contributed by atoms with Crippen LogP contribution in [0.15, 0.2) is 50.9 Å². The third-order valence-corrected chi connectivity index (χ3v) is 5.72. The Labute approximate surface area is 184 Å². The van der Waals surface area contributed by atoms with Gasteiger partial charge in [0.15, 0.2) is 5.11 Å². The molecule has 0 spiro atoms. The van der Waals surface area contributed by atoms with Crippen LogP contribution in [-0.4, -0.2) is 22.0 Å². The van der Waals surface area contributed by atoms with Crippen LogP contribution in [0, 0.1) is 3.57 Å². The minimum absolute atomic E-state index is 0.0247. The Hall–Kier alpha value is -1.30. The molecule has 3 rings (SSSR count). The number of anilines is 1. The zero-order valence-electron chi connectivity index (χ0n) is 12.8. The Morgan fingerprint density at radius 3 is 2.58 bits per heavy atom. The summed E-state index contributed by atoms with van der Waals surface area (Å²) in [5.41, 5.74) is 1.09. The standard InChI is InChI=1S/C17H9Br2IN2O3S/c18-9-2-1-3-10(7-9)22-16(25)11(15(24)21-17(22)26)4-8-5-12(19)14(23)13(20)6-8/h1-7,23H,(H,21,24,26). The number of nitrogens with zero attached hydrogens (tertiary/aromatic N) is 1. The molecule has 0 bridgehead atoms. The van der Waals surface area contributed by atoms with Gasteiger partial charge in [0.1, 0.15) is 11.3 Å². The minimum atomic E-state index is -0.564. The fourth-order valence-corrected chi connectivity index (χ4v) is 4.51. The summed E-state index contributed by atoms with van der Waals surface area (Å²) in [5.74, 6) is -0.981. The number of aromatic hydroxyl groups is 1. The van der Waals surface area contributed by atoms with Gasteiger partial charge in [-0.2, -0.15) is 0 Å². The van der Waals surface area contributed by atoms with Crippen LogP contribution in [0.4, 0.5) is 5.69 Å². The molecule has 0 unspecified atom stereocenters. The van der Waals surface area contributed by atoms with Crippen molar-refractivity contribution in [3.63, 3.8) is 0 Å². The second-order valence-corrected chi connectivity index (χ2v) is 8.59. The van der Waals surface area contributed by atoms with E-state index in [1.807, 2.05) is 28.7 Å². The molecular formula is C17H9Br2IN2O3S. The van der Waals surface area contributed by atoms with Crippen LogP contribution < -0.4 is 10.2 Å². The Morgan fingerprint density at radius 1 is 1.19 bits per heavy atom. The van der Waals surface area contributed by atoms with E-state index in [9.17, 15) is 14.7 Å². The van der Waals surface area contributed by atoms with E-state index in [4.69, 9.17) is 12.2 Å². The number of nitrogens with one attached hydrogen (secondary N) is 1. The Bertz CT molecular complexity index is 971. The number of hydrogen-bond donors (Lipinski definition) is 2. The van der Waals surface area contributed by atoms with Gasteiger partial charge in [0.2, 0.25) is 0 Å². The number of rotatable bonds is 2. The molecule has 0 atom stereocenters. The first-order valence-electron chi connectivity index (χ1n) is 7.13. The molecule has 132 valence electrons. The lowest BCUT2D eigenvalue weighted by atomic mass is 10.1. The van der Waals surface area contributed by atoms with Gasteiger partial charge in [-0.3, -0.25) is 19.8 Å². The molecule has 1 fully saturated rings. The van der Waals surface area contributed by atoms with Crippen LogP contribution in [0.1, 0.15) is 5.56 Å².